The van der Waals surface area contributed by atoms with E-state index in [0.717, 1.165) is 28.1 Å². The van der Waals surface area contributed by atoms with Gasteiger partial charge in [0, 0.05) is 17.2 Å². The van der Waals surface area contributed by atoms with Crippen molar-refractivity contribution in [3.8, 4) is 0 Å². The summed E-state index contributed by atoms with van der Waals surface area (Å²) in [4.78, 5) is 19.5. The Bertz CT molecular complexity index is 762. The second-order valence-corrected chi connectivity index (χ2v) is 6.34. The lowest BCUT2D eigenvalue weighted by Crippen LogP contribution is -2.41. The average Bonchev–Trinajstić information content (AvgIpc) is 2.63. The molecule has 2 aromatic rings. The molecule has 3 heteroatoms. The zero-order valence-corrected chi connectivity index (χ0v) is 14.1. The van der Waals surface area contributed by atoms with Crippen molar-refractivity contribution in [2.24, 2.45) is 4.99 Å². The van der Waals surface area contributed by atoms with Crippen LogP contribution in [0.4, 0.5) is 5.69 Å². The fourth-order valence-electron chi connectivity index (χ4n) is 3.04. The first kappa shape index (κ1) is 15.5. The number of benzene rings is 2. The molecule has 23 heavy (non-hydrogen) atoms. The number of carbonyl (C=O) groups is 1. The summed E-state index contributed by atoms with van der Waals surface area (Å²) in [5.74, 6) is 0.0535. The summed E-state index contributed by atoms with van der Waals surface area (Å²) >= 11 is 0. The number of rotatable bonds is 2. The number of amides is 1. The summed E-state index contributed by atoms with van der Waals surface area (Å²) in [5, 5.41) is 0. The van der Waals surface area contributed by atoms with Gasteiger partial charge >= 0.3 is 0 Å². The van der Waals surface area contributed by atoms with Crippen molar-refractivity contribution in [1.82, 2.24) is 0 Å². The minimum atomic E-state index is -0.389. The Balaban J connectivity index is 2.27. The van der Waals surface area contributed by atoms with Crippen molar-refractivity contribution in [2.75, 3.05) is 4.90 Å². The van der Waals surface area contributed by atoms with Crippen LogP contribution in [-0.2, 0) is 4.79 Å². The highest BCUT2D eigenvalue weighted by Gasteiger charge is 2.31. The third kappa shape index (κ3) is 2.79. The summed E-state index contributed by atoms with van der Waals surface area (Å²) in [6, 6.07) is 16.0. The summed E-state index contributed by atoms with van der Waals surface area (Å²) < 4.78 is 0. The quantitative estimate of drug-likeness (QED) is 0.826. The van der Waals surface area contributed by atoms with Gasteiger partial charge in [-0.1, -0.05) is 42.5 Å². The SMILES string of the molecule is Cc1ccc2c(c1)N(C(C)C)C(=O)C(C)N=C2c1ccccc1. The molecule has 0 aliphatic carbocycles. The van der Waals surface area contributed by atoms with Gasteiger partial charge in [0.05, 0.1) is 11.4 Å². The van der Waals surface area contributed by atoms with Gasteiger partial charge in [0.25, 0.3) is 5.91 Å². The van der Waals surface area contributed by atoms with Gasteiger partial charge < -0.3 is 4.90 Å². The van der Waals surface area contributed by atoms with E-state index < -0.39 is 0 Å². The molecule has 0 fully saturated rings. The zero-order valence-electron chi connectivity index (χ0n) is 14.1. The van der Waals surface area contributed by atoms with Crippen LogP contribution in [0.2, 0.25) is 0 Å². The van der Waals surface area contributed by atoms with Crippen molar-refractivity contribution in [3.05, 3.63) is 65.2 Å². The van der Waals surface area contributed by atoms with Crippen LogP contribution in [0.5, 0.6) is 0 Å². The zero-order chi connectivity index (χ0) is 16.6. The lowest BCUT2D eigenvalue weighted by Gasteiger charge is -2.28. The van der Waals surface area contributed by atoms with E-state index in [0.29, 0.717) is 0 Å². The summed E-state index contributed by atoms with van der Waals surface area (Å²) in [6.45, 7) is 8.02. The van der Waals surface area contributed by atoms with Crippen LogP contribution in [0.1, 0.15) is 37.5 Å². The third-order valence-electron chi connectivity index (χ3n) is 4.15. The normalized spacial score (nSPS) is 17.8. The van der Waals surface area contributed by atoms with E-state index in [9.17, 15) is 4.79 Å². The van der Waals surface area contributed by atoms with Crippen molar-refractivity contribution >= 4 is 17.3 Å². The minimum Gasteiger partial charge on any atom is -0.307 e. The van der Waals surface area contributed by atoms with Crippen LogP contribution in [0.25, 0.3) is 0 Å². The van der Waals surface area contributed by atoms with E-state index in [4.69, 9.17) is 4.99 Å². The summed E-state index contributed by atoms with van der Waals surface area (Å²) in [6.07, 6.45) is 0. The molecule has 1 atom stereocenters. The smallest absolute Gasteiger partial charge is 0.251 e. The third-order valence-corrected chi connectivity index (χ3v) is 4.15. The highest BCUT2D eigenvalue weighted by Crippen LogP contribution is 2.31. The van der Waals surface area contributed by atoms with Gasteiger partial charge in [-0.2, -0.15) is 0 Å². The fourth-order valence-corrected chi connectivity index (χ4v) is 3.04. The highest BCUT2D eigenvalue weighted by atomic mass is 16.2. The molecule has 1 unspecified atom stereocenters. The molecule has 0 N–H and O–H groups in total. The van der Waals surface area contributed by atoms with Crippen molar-refractivity contribution in [2.45, 2.75) is 39.8 Å². The van der Waals surface area contributed by atoms with Gasteiger partial charge in [-0.05, 0) is 39.3 Å². The van der Waals surface area contributed by atoms with Crippen molar-refractivity contribution in [3.63, 3.8) is 0 Å². The Morgan fingerprint density at radius 2 is 1.78 bits per heavy atom. The Labute approximate surface area is 137 Å². The molecule has 1 amide bonds. The standard InChI is InChI=1S/C20H22N2O/c1-13(2)22-18-12-14(3)10-11-17(18)19(21-15(4)20(22)23)16-8-6-5-7-9-16/h5-13,15H,1-4H3. The molecular formula is C20H22N2O. The molecule has 3 rings (SSSR count). The first-order valence-corrected chi connectivity index (χ1v) is 8.06. The number of hydrogen-bond donors (Lipinski definition) is 0. The van der Waals surface area contributed by atoms with Crippen molar-refractivity contribution in [1.29, 1.82) is 0 Å². The lowest BCUT2D eigenvalue weighted by molar-refractivity contribution is -0.119. The van der Waals surface area contributed by atoms with E-state index in [-0.39, 0.29) is 18.0 Å². The van der Waals surface area contributed by atoms with Crippen LogP contribution in [0.15, 0.2) is 53.5 Å². The molecule has 3 nitrogen and oxygen atoms in total. The van der Waals surface area contributed by atoms with E-state index in [2.05, 4.69) is 25.1 Å². The van der Waals surface area contributed by atoms with Gasteiger partial charge in [0.2, 0.25) is 0 Å². The van der Waals surface area contributed by atoms with Crippen LogP contribution in [0, 0.1) is 6.92 Å². The number of benzodiazepines with no additional fused rings is 1. The molecule has 0 saturated carbocycles. The van der Waals surface area contributed by atoms with E-state index in [1.807, 2.05) is 56.0 Å². The van der Waals surface area contributed by atoms with Crippen LogP contribution in [0.3, 0.4) is 0 Å². The number of nitrogens with zero attached hydrogens (tertiary/aromatic N) is 2. The largest absolute Gasteiger partial charge is 0.307 e. The topological polar surface area (TPSA) is 32.7 Å². The Morgan fingerprint density at radius 3 is 2.43 bits per heavy atom. The van der Waals surface area contributed by atoms with E-state index >= 15 is 0 Å². The molecule has 0 aromatic heterocycles. The van der Waals surface area contributed by atoms with Gasteiger partial charge in [-0.25, -0.2) is 0 Å². The van der Waals surface area contributed by atoms with Gasteiger partial charge in [-0.15, -0.1) is 0 Å². The number of hydrogen-bond acceptors (Lipinski definition) is 2. The summed E-state index contributed by atoms with van der Waals surface area (Å²) in [5.41, 5.74) is 5.06. The average molecular weight is 306 g/mol. The highest BCUT2D eigenvalue weighted by molar-refractivity contribution is 6.20. The maximum Gasteiger partial charge on any atom is 0.251 e. The number of aryl methyl sites for hydroxylation is 1. The molecule has 1 aliphatic heterocycles. The molecule has 2 aromatic carbocycles. The molecule has 0 saturated heterocycles. The lowest BCUT2D eigenvalue weighted by atomic mass is 9.98. The maximum atomic E-state index is 12.9. The molecule has 118 valence electrons. The maximum absolute atomic E-state index is 12.9. The van der Waals surface area contributed by atoms with Crippen molar-refractivity contribution < 1.29 is 4.79 Å². The molecule has 1 aliphatic rings. The number of fused-ring (bicyclic) bond motifs is 1. The predicted octanol–water partition coefficient (Wildman–Crippen LogP) is 3.98. The van der Waals surface area contributed by atoms with E-state index in [1.54, 1.807) is 0 Å². The number of anilines is 1. The molecule has 0 radical (unpaired) electrons. The molecule has 0 spiro atoms. The first-order chi connectivity index (χ1) is 11.0. The van der Waals surface area contributed by atoms with Crippen LogP contribution < -0.4 is 4.90 Å². The van der Waals surface area contributed by atoms with Gasteiger partial charge in [0.15, 0.2) is 0 Å². The fraction of sp³-hybridized carbons (Fsp3) is 0.300. The van der Waals surface area contributed by atoms with E-state index in [1.165, 1.54) is 0 Å². The Kier molecular flexibility index (Phi) is 4.03. The molecule has 0 bridgehead atoms. The first-order valence-electron chi connectivity index (χ1n) is 8.06. The number of carbonyl (C=O) groups excluding carboxylic acids is 1. The second-order valence-electron chi connectivity index (χ2n) is 6.34. The number of aliphatic imine (C=N–C) groups is 1. The second kappa shape index (κ2) is 5.99. The monoisotopic (exact) mass is 306 g/mol. The van der Waals surface area contributed by atoms with Crippen LogP contribution >= 0.6 is 0 Å². The Hall–Kier alpha value is -2.42. The molecule has 1 heterocycles. The minimum absolute atomic E-state index is 0.0535. The van der Waals surface area contributed by atoms with Crippen LogP contribution in [-0.4, -0.2) is 23.7 Å². The predicted molar refractivity (Wildman–Crippen MR) is 95.3 cm³/mol. The molecular weight excluding hydrogens is 284 g/mol. The summed E-state index contributed by atoms with van der Waals surface area (Å²) in [7, 11) is 0. The Morgan fingerprint density at radius 1 is 1.09 bits per heavy atom. The van der Waals surface area contributed by atoms with Gasteiger partial charge in [-0.3, -0.25) is 9.79 Å². The van der Waals surface area contributed by atoms with Gasteiger partial charge in [0.1, 0.15) is 6.04 Å².